The number of imide groups is 1. The highest BCUT2D eigenvalue weighted by atomic mass is 16.2. The van der Waals surface area contributed by atoms with Crippen molar-refractivity contribution < 1.29 is 14.4 Å². The van der Waals surface area contributed by atoms with E-state index in [1.165, 1.54) is 24.0 Å². The van der Waals surface area contributed by atoms with Crippen molar-refractivity contribution in [2.24, 2.45) is 5.92 Å². The first-order valence-corrected chi connectivity index (χ1v) is 5.32. The highest BCUT2D eigenvalue weighted by Crippen LogP contribution is 2.27. The lowest BCUT2D eigenvalue weighted by atomic mass is 9.88. The molecule has 88 valence electrons. The Bertz CT molecular complexity index is 350. The molecule has 1 aliphatic heterocycles. The van der Waals surface area contributed by atoms with E-state index >= 15 is 0 Å². The summed E-state index contributed by atoms with van der Waals surface area (Å²) in [4.78, 5) is 35.4. The predicted molar refractivity (Wildman–Crippen MR) is 59.5 cm³/mol. The third-order valence-electron chi connectivity index (χ3n) is 2.91. The number of hydrogen-bond acceptors (Lipinski definition) is 3. The Hall–Kier alpha value is -1.45. The molecule has 0 aromatic carbocycles. The monoisotopic (exact) mass is 223 g/mol. The molecule has 0 fully saturated rings. The second-order valence-corrected chi connectivity index (χ2v) is 4.87. The predicted octanol–water partition coefficient (Wildman–Crippen LogP) is 1.31. The number of carbonyl (C=O) groups excluding carboxylic acids is 3. The van der Waals surface area contributed by atoms with Crippen molar-refractivity contribution in [2.75, 3.05) is 0 Å². The van der Waals surface area contributed by atoms with Crippen molar-refractivity contribution in [1.29, 1.82) is 0 Å². The fraction of sp³-hybridized carbons (Fsp3) is 0.583. The number of Topliss-reactive ketones (excluding diaryl/α,β-unsaturated/α-hetero) is 1. The van der Waals surface area contributed by atoms with Crippen LogP contribution < -0.4 is 0 Å². The summed E-state index contributed by atoms with van der Waals surface area (Å²) in [5.41, 5.74) is -0.622. The van der Waals surface area contributed by atoms with Gasteiger partial charge in [0.25, 0.3) is 11.8 Å². The quantitative estimate of drug-likeness (QED) is 0.675. The van der Waals surface area contributed by atoms with Gasteiger partial charge in [-0.05, 0) is 27.2 Å². The summed E-state index contributed by atoms with van der Waals surface area (Å²) in [5, 5.41) is 0. The molecule has 1 aliphatic rings. The summed E-state index contributed by atoms with van der Waals surface area (Å²) in [6.07, 6.45) is 3.02. The van der Waals surface area contributed by atoms with Gasteiger partial charge in [-0.2, -0.15) is 0 Å². The molecule has 2 amide bonds. The molecular formula is C12H17NO3. The summed E-state index contributed by atoms with van der Waals surface area (Å²) in [7, 11) is 0. The molecule has 0 saturated carbocycles. The van der Waals surface area contributed by atoms with Crippen LogP contribution in [0, 0.1) is 5.92 Å². The zero-order chi connectivity index (χ0) is 12.5. The van der Waals surface area contributed by atoms with Gasteiger partial charge in [0.05, 0.1) is 0 Å². The van der Waals surface area contributed by atoms with Gasteiger partial charge in [0.15, 0.2) is 0 Å². The van der Waals surface area contributed by atoms with Crippen LogP contribution in [-0.2, 0) is 14.4 Å². The average Bonchev–Trinajstić information content (AvgIpc) is 2.45. The van der Waals surface area contributed by atoms with Gasteiger partial charge in [0.2, 0.25) is 0 Å². The number of rotatable bonds is 4. The van der Waals surface area contributed by atoms with Gasteiger partial charge >= 0.3 is 0 Å². The lowest BCUT2D eigenvalue weighted by Crippen LogP contribution is -2.49. The summed E-state index contributed by atoms with van der Waals surface area (Å²) in [6, 6.07) is 0. The van der Waals surface area contributed by atoms with Gasteiger partial charge < -0.3 is 0 Å². The zero-order valence-corrected chi connectivity index (χ0v) is 10.1. The molecular weight excluding hydrogens is 206 g/mol. The van der Waals surface area contributed by atoms with Gasteiger partial charge in [-0.25, -0.2) is 0 Å². The number of ketones is 1. The minimum absolute atomic E-state index is 0.0696. The number of amides is 2. The molecule has 0 aromatic heterocycles. The largest absolute Gasteiger partial charge is 0.300 e. The highest BCUT2D eigenvalue weighted by Gasteiger charge is 2.38. The van der Waals surface area contributed by atoms with Crippen molar-refractivity contribution in [2.45, 2.75) is 39.7 Å². The Kier molecular flexibility index (Phi) is 3.31. The SMILES string of the molecule is CC(=O)C(C)CC(C)(C)N1C(=O)C=CC1=O. The van der Waals surface area contributed by atoms with E-state index in [0.29, 0.717) is 6.42 Å². The van der Waals surface area contributed by atoms with E-state index in [9.17, 15) is 14.4 Å². The third-order valence-corrected chi connectivity index (χ3v) is 2.91. The molecule has 0 spiro atoms. The summed E-state index contributed by atoms with van der Waals surface area (Å²) < 4.78 is 0. The topological polar surface area (TPSA) is 54.5 Å². The van der Waals surface area contributed by atoms with Gasteiger partial charge in [-0.3, -0.25) is 19.3 Å². The molecule has 0 saturated heterocycles. The van der Waals surface area contributed by atoms with Crippen molar-refractivity contribution >= 4 is 17.6 Å². The maximum absolute atomic E-state index is 11.5. The molecule has 0 N–H and O–H groups in total. The molecule has 1 rings (SSSR count). The van der Waals surface area contributed by atoms with Crippen LogP contribution in [0.2, 0.25) is 0 Å². The molecule has 1 heterocycles. The van der Waals surface area contributed by atoms with Gasteiger partial charge in [0, 0.05) is 23.6 Å². The Labute approximate surface area is 95.3 Å². The fourth-order valence-corrected chi connectivity index (χ4v) is 1.98. The van der Waals surface area contributed by atoms with Crippen molar-refractivity contribution in [3.8, 4) is 0 Å². The van der Waals surface area contributed by atoms with Crippen molar-refractivity contribution in [3.05, 3.63) is 12.2 Å². The smallest absolute Gasteiger partial charge is 0.254 e. The first-order valence-electron chi connectivity index (χ1n) is 5.32. The second-order valence-electron chi connectivity index (χ2n) is 4.87. The highest BCUT2D eigenvalue weighted by molar-refractivity contribution is 6.13. The Morgan fingerprint density at radius 1 is 1.31 bits per heavy atom. The maximum Gasteiger partial charge on any atom is 0.254 e. The Morgan fingerprint density at radius 2 is 1.75 bits per heavy atom. The molecule has 0 radical (unpaired) electrons. The minimum atomic E-state index is -0.622. The van der Waals surface area contributed by atoms with E-state index < -0.39 is 5.54 Å². The van der Waals surface area contributed by atoms with Gasteiger partial charge in [0.1, 0.15) is 5.78 Å². The van der Waals surface area contributed by atoms with Crippen LogP contribution in [0.15, 0.2) is 12.2 Å². The Balaban J connectivity index is 2.82. The van der Waals surface area contributed by atoms with Crippen LogP contribution in [0.5, 0.6) is 0 Å². The summed E-state index contributed by atoms with van der Waals surface area (Å²) in [5.74, 6) is -0.687. The van der Waals surface area contributed by atoms with Crippen LogP contribution >= 0.6 is 0 Å². The molecule has 1 unspecified atom stereocenters. The van der Waals surface area contributed by atoms with Crippen LogP contribution in [0.3, 0.4) is 0 Å². The number of hydrogen-bond donors (Lipinski definition) is 0. The van der Waals surface area contributed by atoms with Crippen LogP contribution in [-0.4, -0.2) is 28.0 Å². The lowest BCUT2D eigenvalue weighted by molar-refractivity contribution is -0.144. The number of nitrogens with zero attached hydrogens (tertiary/aromatic N) is 1. The van der Waals surface area contributed by atoms with E-state index in [1.54, 1.807) is 13.8 Å². The third kappa shape index (κ3) is 2.38. The van der Waals surface area contributed by atoms with Gasteiger partial charge in [-0.1, -0.05) is 6.92 Å². The van der Waals surface area contributed by atoms with Crippen molar-refractivity contribution in [3.63, 3.8) is 0 Å². The molecule has 0 aromatic rings. The van der Waals surface area contributed by atoms with Crippen molar-refractivity contribution in [1.82, 2.24) is 4.90 Å². The Morgan fingerprint density at radius 3 is 2.12 bits per heavy atom. The first kappa shape index (κ1) is 12.6. The van der Waals surface area contributed by atoms with Gasteiger partial charge in [-0.15, -0.1) is 0 Å². The normalized spacial score (nSPS) is 18.1. The van der Waals surface area contributed by atoms with E-state index in [-0.39, 0.29) is 23.5 Å². The van der Waals surface area contributed by atoms with Crippen LogP contribution in [0.4, 0.5) is 0 Å². The molecule has 1 atom stereocenters. The lowest BCUT2D eigenvalue weighted by Gasteiger charge is -2.35. The van der Waals surface area contributed by atoms with E-state index in [2.05, 4.69) is 0 Å². The van der Waals surface area contributed by atoms with Crippen LogP contribution in [0.25, 0.3) is 0 Å². The molecule has 0 bridgehead atoms. The average molecular weight is 223 g/mol. The summed E-state index contributed by atoms with van der Waals surface area (Å²) in [6.45, 7) is 6.93. The second kappa shape index (κ2) is 4.20. The molecule has 4 nitrogen and oxygen atoms in total. The summed E-state index contributed by atoms with van der Waals surface area (Å²) >= 11 is 0. The van der Waals surface area contributed by atoms with E-state index in [4.69, 9.17) is 0 Å². The minimum Gasteiger partial charge on any atom is -0.300 e. The number of carbonyl (C=O) groups is 3. The van der Waals surface area contributed by atoms with E-state index in [0.717, 1.165) is 0 Å². The standard InChI is InChI=1S/C12H17NO3/c1-8(9(2)14)7-12(3,4)13-10(15)5-6-11(13)16/h5-6,8H,7H2,1-4H3. The zero-order valence-electron chi connectivity index (χ0n) is 10.1. The molecule has 16 heavy (non-hydrogen) atoms. The van der Waals surface area contributed by atoms with Crippen LogP contribution in [0.1, 0.15) is 34.1 Å². The maximum atomic E-state index is 11.5. The fourth-order valence-electron chi connectivity index (χ4n) is 1.98. The first-order chi connectivity index (χ1) is 7.25. The molecule has 0 aliphatic carbocycles. The van der Waals surface area contributed by atoms with E-state index in [1.807, 2.05) is 6.92 Å². The molecule has 4 heteroatoms.